The van der Waals surface area contributed by atoms with Gasteiger partial charge in [0.05, 0.1) is 16.9 Å². The summed E-state index contributed by atoms with van der Waals surface area (Å²) in [6.45, 7) is 2.60. The Kier molecular flexibility index (Phi) is 3.20. The van der Waals surface area contributed by atoms with Crippen molar-refractivity contribution in [3.8, 4) is 0 Å². The number of aromatic amines is 1. The van der Waals surface area contributed by atoms with Crippen molar-refractivity contribution in [2.75, 3.05) is 11.9 Å². The molecule has 2 aromatic rings. The van der Waals surface area contributed by atoms with Crippen molar-refractivity contribution in [3.63, 3.8) is 0 Å². The Balaban J connectivity index is 2.14. The highest BCUT2D eigenvalue weighted by Crippen LogP contribution is 2.39. The summed E-state index contributed by atoms with van der Waals surface area (Å²) >= 11 is 2.04. The van der Waals surface area contributed by atoms with Crippen molar-refractivity contribution < 1.29 is 4.92 Å². The van der Waals surface area contributed by atoms with E-state index in [9.17, 15) is 10.1 Å². The van der Waals surface area contributed by atoms with Crippen LogP contribution >= 0.6 is 22.6 Å². The predicted octanol–water partition coefficient (Wildman–Crippen LogP) is 3.20. The zero-order chi connectivity index (χ0) is 14.3. The van der Waals surface area contributed by atoms with E-state index in [0.717, 1.165) is 28.2 Å². The van der Waals surface area contributed by atoms with Gasteiger partial charge in [0, 0.05) is 29.6 Å². The molecule has 0 aliphatic carbocycles. The van der Waals surface area contributed by atoms with E-state index < -0.39 is 0 Å². The van der Waals surface area contributed by atoms with Gasteiger partial charge in [-0.05, 0) is 47.2 Å². The number of H-pyrrole nitrogens is 1. The lowest BCUT2D eigenvalue weighted by molar-refractivity contribution is -0.385. The molecule has 2 heterocycles. The maximum absolute atomic E-state index is 11.0. The zero-order valence-electron chi connectivity index (χ0n) is 10.6. The van der Waals surface area contributed by atoms with Crippen LogP contribution in [-0.2, 0) is 0 Å². The monoisotopic (exact) mass is 382 g/mol. The number of fused-ring (bicyclic) bond motifs is 1. The molecule has 0 spiro atoms. The molecule has 0 bridgehead atoms. The molecule has 1 aliphatic rings. The molecule has 0 saturated heterocycles. The van der Waals surface area contributed by atoms with Crippen molar-refractivity contribution in [1.29, 1.82) is 0 Å². The van der Waals surface area contributed by atoms with Crippen LogP contribution in [0.15, 0.2) is 18.5 Å². The van der Waals surface area contributed by atoms with Crippen LogP contribution in [0, 0.1) is 20.6 Å². The highest BCUT2D eigenvalue weighted by Gasteiger charge is 2.25. The van der Waals surface area contributed by atoms with E-state index in [-0.39, 0.29) is 10.6 Å². The van der Waals surface area contributed by atoms with Crippen LogP contribution in [0.25, 0.3) is 11.6 Å². The molecule has 1 aromatic carbocycles. The van der Waals surface area contributed by atoms with Crippen LogP contribution in [0.4, 0.5) is 11.4 Å². The molecular weight excluding hydrogens is 371 g/mol. The third-order valence-corrected chi connectivity index (χ3v) is 4.38. The number of nitrogens with one attached hydrogen (secondary N) is 2. The van der Waals surface area contributed by atoms with E-state index in [0.29, 0.717) is 10.1 Å². The Bertz CT molecular complexity index is 736. The Morgan fingerprint density at radius 1 is 1.50 bits per heavy atom. The fourth-order valence-electron chi connectivity index (χ4n) is 2.25. The predicted molar refractivity (Wildman–Crippen MR) is 85.5 cm³/mol. The second-order valence-electron chi connectivity index (χ2n) is 4.51. The number of nitro benzene ring substituents is 1. The second-order valence-corrected chi connectivity index (χ2v) is 5.59. The van der Waals surface area contributed by atoms with E-state index in [2.05, 4.69) is 15.3 Å². The van der Waals surface area contributed by atoms with Gasteiger partial charge in [-0.3, -0.25) is 10.1 Å². The molecule has 7 heteroatoms. The van der Waals surface area contributed by atoms with Crippen LogP contribution in [-0.4, -0.2) is 21.4 Å². The Labute approximate surface area is 128 Å². The van der Waals surface area contributed by atoms with Crippen molar-refractivity contribution >= 4 is 45.6 Å². The number of halogens is 1. The second kappa shape index (κ2) is 4.89. The lowest BCUT2D eigenvalue weighted by atomic mass is 10.1. The maximum atomic E-state index is 11.0. The largest absolute Gasteiger partial charge is 0.380 e. The summed E-state index contributed by atoms with van der Waals surface area (Å²) in [7, 11) is 0. The number of nitrogens with zero attached hydrogens (tertiary/aromatic N) is 2. The average molecular weight is 382 g/mol. The van der Waals surface area contributed by atoms with Crippen LogP contribution in [0.2, 0.25) is 0 Å². The number of hydrogen-bond acceptors (Lipinski definition) is 4. The minimum atomic E-state index is -0.349. The first-order valence-electron chi connectivity index (χ1n) is 5.99. The number of benzene rings is 1. The summed E-state index contributed by atoms with van der Waals surface area (Å²) in [5.41, 5.74) is 4.82. The van der Waals surface area contributed by atoms with Gasteiger partial charge in [0.25, 0.3) is 5.69 Å². The smallest absolute Gasteiger partial charge is 0.283 e. The number of anilines is 1. The van der Waals surface area contributed by atoms with E-state index >= 15 is 0 Å². The van der Waals surface area contributed by atoms with E-state index in [1.165, 1.54) is 6.07 Å². The van der Waals surface area contributed by atoms with Crippen LogP contribution in [0.1, 0.15) is 17.0 Å². The first kappa shape index (κ1) is 13.1. The molecule has 2 N–H and O–H groups in total. The van der Waals surface area contributed by atoms with Gasteiger partial charge in [0.15, 0.2) is 0 Å². The molecule has 3 rings (SSSR count). The summed E-state index contributed by atoms with van der Waals surface area (Å²) in [5.74, 6) is 0. The summed E-state index contributed by atoms with van der Waals surface area (Å²) in [4.78, 5) is 18.0. The summed E-state index contributed by atoms with van der Waals surface area (Å²) < 4.78 is 0.662. The Morgan fingerprint density at radius 2 is 2.30 bits per heavy atom. The highest BCUT2D eigenvalue weighted by atomic mass is 127. The molecule has 6 nitrogen and oxygen atoms in total. The highest BCUT2D eigenvalue weighted by molar-refractivity contribution is 14.1. The minimum absolute atomic E-state index is 0.137. The lowest BCUT2D eigenvalue weighted by Crippen LogP contribution is -1.94. The molecule has 1 aliphatic heterocycles. The fraction of sp³-hybridized carbons (Fsp3) is 0.154. The van der Waals surface area contributed by atoms with Crippen molar-refractivity contribution in [2.24, 2.45) is 0 Å². The van der Waals surface area contributed by atoms with Crippen LogP contribution < -0.4 is 5.32 Å². The molecule has 0 saturated carbocycles. The molecule has 0 atom stereocenters. The van der Waals surface area contributed by atoms with E-state index in [1.54, 1.807) is 12.4 Å². The average Bonchev–Trinajstić information content (AvgIpc) is 2.98. The lowest BCUT2D eigenvalue weighted by Gasteiger charge is -2.04. The molecule has 0 radical (unpaired) electrons. The van der Waals surface area contributed by atoms with Gasteiger partial charge < -0.3 is 10.3 Å². The molecule has 0 unspecified atom stereocenters. The number of aromatic nitrogens is 2. The number of aryl methyl sites for hydroxylation is 1. The normalized spacial score (nSPS) is 15.2. The molecule has 0 fully saturated rings. The molecule has 1 aromatic heterocycles. The third-order valence-electron chi connectivity index (χ3n) is 3.29. The van der Waals surface area contributed by atoms with E-state index in [4.69, 9.17) is 0 Å². The quantitative estimate of drug-likeness (QED) is 0.475. The SMILES string of the molecule is Cc1[nH]cnc1/C=C1\CNc2ccc([N+](=O)[O-])c(I)c21. The summed E-state index contributed by atoms with van der Waals surface area (Å²) in [6, 6.07) is 3.30. The number of nitro groups is 1. The summed E-state index contributed by atoms with van der Waals surface area (Å²) in [6.07, 6.45) is 3.61. The number of imidazole rings is 1. The minimum Gasteiger partial charge on any atom is -0.380 e. The van der Waals surface area contributed by atoms with Gasteiger partial charge >= 0.3 is 0 Å². The standard InChI is InChI=1S/C13H11IN4O2/c1-7-10(17-6-16-7)4-8-5-15-9-2-3-11(18(19)20)13(14)12(8)9/h2-4,6,15H,5H2,1H3,(H,16,17)/b8-4+. The Morgan fingerprint density at radius 3 is 2.95 bits per heavy atom. The van der Waals surface area contributed by atoms with Gasteiger partial charge in [-0.1, -0.05) is 0 Å². The summed E-state index contributed by atoms with van der Waals surface area (Å²) in [5, 5.41) is 14.3. The fourth-order valence-corrected chi connectivity index (χ4v) is 3.26. The topological polar surface area (TPSA) is 83.8 Å². The molecule has 102 valence electrons. The van der Waals surface area contributed by atoms with Gasteiger partial charge in [-0.25, -0.2) is 4.98 Å². The third kappa shape index (κ3) is 2.07. The van der Waals surface area contributed by atoms with Gasteiger partial charge in [-0.2, -0.15) is 0 Å². The van der Waals surface area contributed by atoms with E-state index in [1.807, 2.05) is 35.6 Å². The maximum Gasteiger partial charge on any atom is 0.283 e. The number of hydrogen-bond donors (Lipinski definition) is 2. The number of rotatable bonds is 2. The van der Waals surface area contributed by atoms with Crippen LogP contribution in [0.5, 0.6) is 0 Å². The zero-order valence-corrected chi connectivity index (χ0v) is 12.8. The molecule has 0 amide bonds. The van der Waals surface area contributed by atoms with Crippen LogP contribution in [0.3, 0.4) is 0 Å². The first-order valence-corrected chi connectivity index (χ1v) is 7.07. The van der Waals surface area contributed by atoms with Gasteiger partial charge in [-0.15, -0.1) is 0 Å². The van der Waals surface area contributed by atoms with Gasteiger partial charge in [0.2, 0.25) is 0 Å². The molecular formula is C13H11IN4O2. The van der Waals surface area contributed by atoms with Crippen molar-refractivity contribution in [1.82, 2.24) is 9.97 Å². The van der Waals surface area contributed by atoms with Crippen molar-refractivity contribution in [3.05, 3.63) is 49.1 Å². The first-order chi connectivity index (χ1) is 9.58. The van der Waals surface area contributed by atoms with Crippen molar-refractivity contribution in [2.45, 2.75) is 6.92 Å². The van der Waals surface area contributed by atoms with Gasteiger partial charge in [0.1, 0.15) is 3.57 Å². The Hall–Kier alpha value is -1.90. The molecule has 20 heavy (non-hydrogen) atoms.